The molecule has 0 aliphatic heterocycles. The quantitative estimate of drug-likeness (QED) is 0.435. The number of benzene rings is 3. The fourth-order valence-electron chi connectivity index (χ4n) is 2.99. The van der Waals surface area contributed by atoms with Crippen LogP contribution in [0.25, 0.3) is 0 Å². The predicted octanol–water partition coefficient (Wildman–Crippen LogP) is 5.83. The number of rotatable bonds is 7. The highest BCUT2D eigenvalue weighted by molar-refractivity contribution is 9.10. The van der Waals surface area contributed by atoms with Gasteiger partial charge in [-0.15, -0.1) is 0 Å². The maximum atomic E-state index is 13.4. The van der Waals surface area contributed by atoms with Crippen molar-refractivity contribution in [2.45, 2.75) is 31.1 Å². The Morgan fingerprint density at radius 3 is 2.14 bits per heavy atom. The van der Waals surface area contributed by atoms with Gasteiger partial charge in [-0.05, 0) is 70.7 Å². The van der Waals surface area contributed by atoms with Gasteiger partial charge in [0, 0.05) is 4.47 Å². The first-order valence-corrected chi connectivity index (χ1v) is 11.7. The lowest BCUT2D eigenvalue weighted by molar-refractivity contribution is 0.100. The Morgan fingerprint density at radius 1 is 0.897 bits per heavy atom. The number of sulfonamides is 1. The van der Waals surface area contributed by atoms with Crippen LogP contribution in [0.4, 0.5) is 5.69 Å². The number of halogens is 1. The molecule has 6 heteroatoms. The summed E-state index contributed by atoms with van der Waals surface area (Å²) in [4.78, 5) is 13.4. The number of hydrogen-bond donors (Lipinski definition) is 0. The molecular formula is C23H22BrNO3S. The second kappa shape index (κ2) is 9.37. The van der Waals surface area contributed by atoms with E-state index in [4.69, 9.17) is 0 Å². The summed E-state index contributed by atoms with van der Waals surface area (Å²) in [5, 5.41) is 0. The van der Waals surface area contributed by atoms with E-state index < -0.39 is 15.9 Å². The first-order chi connectivity index (χ1) is 13.9. The largest absolute Gasteiger partial charge is 0.273 e. The van der Waals surface area contributed by atoms with Crippen molar-refractivity contribution in [2.24, 2.45) is 0 Å². The fourth-order valence-corrected chi connectivity index (χ4v) is 4.87. The molecule has 4 nitrogen and oxygen atoms in total. The minimum atomic E-state index is -4.09. The van der Waals surface area contributed by atoms with Crippen LogP contribution in [0, 0.1) is 0 Å². The molecule has 0 fully saturated rings. The van der Waals surface area contributed by atoms with Crippen LogP contribution in [-0.2, 0) is 16.4 Å². The molecule has 29 heavy (non-hydrogen) atoms. The summed E-state index contributed by atoms with van der Waals surface area (Å²) >= 11 is 3.36. The van der Waals surface area contributed by atoms with Crippen molar-refractivity contribution in [2.75, 3.05) is 4.31 Å². The van der Waals surface area contributed by atoms with Gasteiger partial charge in [0.25, 0.3) is 15.9 Å². The highest BCUT2D eigenvalue weighted by Gasteiger charge is 2.32. The van der Waals surface area contributed by atoms with Crippen LogP contribution in [0.3, 0.4) is 0 Å². The van der Waals surface area contributed by atoms with Gasteiger partial charge < -0.3 is 0 Å². The molecule has 0 radical (unpaired) electrons. The lowest BCUT2D eigenvalue weighted by Gasteiger charge is -2.23. The highest BCUT2D eigenvalue weighted by Crippen LogP contribution is 2.28. The van der Waals surface area contributed by atoms with E-state index in [9.17, 15) is 13.2 Å². The number of aryl methyl sites for hydroxylation is 1. The van der Waals surface area contributed by atoms with E-state index in [2.05, 4.69) is 22.9 Å². The van der Waals surface area contributed by atoms with Crippen LogP contribution < -0.4 is 4.31 Å². The molecule has 3 aromatic carbocycles. The van der Waals surface area contributed by atoms with Crippen molar-refractivity contribution in [3.05, 3.63) is 94.5 Å². The van der Waals surface area contributed by atoms with Crippen molar-refractivity contribution < 1.29 is 13.2 Å². The summed E-state index contributed by atoms with van der Waals surface area (Å²) in [6.07, 6.45) is 3.05. The third-order valence-electron chi connectivity index (χ3n) is 4.56. The zero-order valence-corrected chi connectivity index (χ0v) is 18.5. The fraction of sp³-hybridized carbons (Fsp3) is 0.174. The Balaban J connectivity index is 2.09. The number of amides is 1. The standard InChI is InChI=1S/C23H22BrNO3S/c1-2-3-9-18-14-16-19(17-15-18)25(23(26)21-12-7-8-13-22(21)24)29(27,28)20-10-5-4-6-11-20/h4-8,10-17H,2-3,9H2,1H3. The Morgan fingerprint density at radius 2 is 1.52 bits per heavy atom. The molecule has 0 heterocycles. The molecule has 150 valence electrons. The minimum absolute atomic E-state index is 0.0652. The van der Waals surface area contributed by atoms with Crippen molar-refractivity contribution in [3.63, 3.8) is 0 Å². The maximum Gasteiger partial charge on any atom is 0.273 e. The van der Waals surface area contributed by atoms with Crippen LogP contribution in [0.15, 0.2) is 88.2 Å². The van der Waals surface area contributed by atoms with Gasteiger partial charge in [-0.1, -0.05) is 55.8 Å². The van der Waals surface area contributed by atoms with E-state index >= 15 is 0 Å². The Hall–Kier alpha value is -2.44. The lowest BCUT2D eigenvalue weighted by Crippen LogP contribution is -2.37. The highest BCUT2D eigenvalue weighted by atomic mass is 79.9. The zero-order valence-electron chi connectivity index (χ0n) is 16.1. The van der Waals surface area contributed by atoms with Gasteiger partial charge in [0.2, 0.25) is 0 Å². The average Bonchev–Trinajstić information content (AvgIpc) is 2.74. The minimum Gasteiger partial charge on any atom is -0.268 e. The summed E-state index contributed by atoms with van der Waals surface area (Å²) in [5.41, 5.74) is 1.71. The van der Waals surface area contributed by atoms with Crippen molar-refractivity contribution in [3.8, 4) is 0 Å². The molecule has 3 aromatic rings. The van der Waals surface area contributed by atoms with Gasteiger partial charge in [0.1, 0.15) is 0 Å². The SMILES string of the molecule is CCCCc1ccc(N(C(=O)c2ccccc2Br)S(=O)(=O)c2ccccc2)cc1. The summed E-state index contributed by atoms with van der Waals surface area (Å²) in [7, 11) is -4.09. The van der Waals surface area contributed by atoms with E-state index in [0.717, 1.165) is 29.1 Å². The van der Waals surface area contributed by atoms with Crippen LogP contribution >= 0.6 is 15.9 Å². The molecule has 0 saturated heterocycles. The number of carbonyl (C=O) groups excluding carboxylic acids is 1. The first kappa shape index (κ1) is 21.3. The van der Waals surface area contributed by atoms with Crippen molar-refractivity contribution in [1.82, 2.24) is 0 Å². The topological polar surface area (TPSA) is 54.5 Å². The Bertz CT molecular complexity index is 1080. The summed E-state index contributed by atoms with van der Waals surface area (Å²) in [6, 6.07) is 22.0. The molecule has 0 N–H and O–H groups in total. The van der Waals surface area contributed by atoms with Crippen LogP contribution in [-0.4, -0.2) is 14.3 Å². The molecule has 0 spiro atoms. The van der Waals surface area contributed by atoms with Crippen molar-refractivity contribution in [1.29, 1.82) is 0 Å². The van der Waals surface area contributed by atoms with Gasteiger partial charge in [0.05, 0.1) is 16.1 Å². The van der Waals surface area contributed by atoms with Crippen LogP contribution in [0.5, 0.6) is 0 Å². The molecule has 0 saturated carbocycles. The van der Waals surface area contributed by atoms with Gasteiger partial charge >= 0.3 is 0 Å². The molecule has 0 aromatic heterocycles. The maximum absolute atomic E-state index is 13.4. The van der Waals surface area contributed by atoms with E-state index in [1.54, 1.807) is 54.6 Å². The zero-order chi connectivity index (χ0) is 20.9. The molecular weight excluding hydrogens is 450 g/mol. The summed E-state index contributed by atoms with van der Waals surface area (Å²) < 4.78 is 28.2. The van der Waals surface area contributed by atoms with E-state index in [-0.39, 0.29) is 10.5 Å². The average molecular weight is 472 g/mol. The number of nitrogens with zero attached hydrogens (tertiary/aromatic N) is 1. The Labute approximate surface area is 180 Å². The van der Waals surface area contributed by atoms with E-state index in [1.807, 2.05) is 12.1 Å². The van der Waals surface area contributed by atoms with Gasteiger partial charge in [-0.25, -0.2) is 8.42 Å². The monoisotopic (exact) mass is 471 g/mol. The van der Waals surface area contributed by atoms with Gasteiger partial charge in [0.15, 0.2) is 0 Å². The van der Waals surface area contributed by atoms with Crippen LogP contribution in [0.1, 0.15) is 35.7 Å². The summed E-state index contributed by atoms with van der Waals surface area (Å²) in [6.45, 7) is 2.12. The molecule has 0 atom stereocenters. The molecule has 0 aliphatic carbocycles. The molecule has 0 unspecified atom stereocenters. The van der Waals surface area contributed by atoms with E-state index in [1.165, 1.54) is 12.1 Å². The number of hydrogen-bond acceptors (Lipinski definition) is 3. The smallest absolute Gasteiger partial charge is 0.268 e. The lowest BCUT2D eigenvalue weighted by atomic mass is 10.1. The third-order valence-corrected chi connectivity index (χ3v) is 6.98. The first-order valence-electron chi connectivity index (χ1n) is 9.43. The number of anilines is 1. The second-order valence-corrected chi connectivity index (χ2v) is 9.28. The second-order valence-electron chi connectivity index (χ2n) is 6.64. The van der Waals surface area contributed by atoms with Crippen LogP contribution in [0.2, 0.25) is 0 Å². The van der Waals surface area contributed by atoms with Crippen molar-refractivity contribution >= 4 is 37.5 Å². The summed E-state index contributed by atoms with van der Waals surface area (Å²) in [5.74, 6) is -0.609. The Kier molecular flexibility index (Phi) is 6.87. The molecule has 1 amide bonds. The number of unbranched alkanes of at least 4 members (excludes halogenated alkanes) is 1. The van der Waals surface area contributed by atoms with Gasteiger partial charge in [-0.3, -0.25) is 4.79 Å². The van der Waals surface area contributed by atoms with Gasteiger partial charge in [-0.2, -0.15) is 4.31 Å². The normalized spacial score (nSPS) is 11.2. The number of carbonyl (C=O) groups is 1. The molecule has 0 aliphatic rings. The molecule has 3 rings (SSSR count). The molecule has 0 bridgehead atoms. The van der Waals surface area contributed by atoms with E-state index in [0.29, 0.717) is 10.2 Å². The predicted molar refractivity (Wildman–Crippen MR) is 120 cm³/mol. The third kappa shape index (κ3) is 4.77.